The maximum Gasteiger partial charge on any atom is 0.0718 e. The van der Waals surface area contributed by atoms with E-state index in [1.807, 2.05) is 4.90 Å². The van der Waals surface area contributed by atoms with Crippen LogP contribution in [0.5, 0.6) is 0 Å². The molecular formula is C23H50NO3Ti-. The molecule has 0 spiro atoms. The smallest absolute Gasteiger partial charge is 0.0718 e. The molecule has 0 aromatic carbocycles. The van der Waals surface area contributed by atoms with Crippen LogP contribution in [0.4, 0.5) is 0 Å². The van der Waals surface area contributed by atoms with Crippen molar-refractivity contribution < 1.29 is 37.0 Å². The van der Waals surface area contributed by atoms with Gasteiger partial charge in [-0.15, -0.1) is 0 Å². The Bertz CT molecular complexity index is 327. The summed E-state index contributed by atoms with van der Waals surface area (Å²) in [7, 11) is 0. The Morgan fingerprint density at radius 3 is 0.786 bits per heavy atom. The van der Waals surface area contributed by atoms with Gasteiger partial charge in [0, 0.05) is 41.4 Å². The number of hydrogen-bond donors (Lipinski definition) is 3. The fourth-order valence-electron chi connectivity index (χ4n) is 4.20. The van der Waals surface area contributed by atoms with E-state index in [-0.39, 0.29) is 29.1 Å². The van der Waals surface area contributed by atoms with Gasteiger partial charge in [-0.1, -0.05) is 34.6 Å². The minimum absolute atomic E-state index is 0. The third-order valence-electron chi connectivity index (χ3n) is 5.98. The predicted octanol–water partition coefficient (Wildman–Crippen LogP) is 4.23. The zero-order valence-corrected chi connectivity index (χ0v) is 22.4. The molecule has 0 aromatic heterocycles. The third kappa shape index (κ3) is 13.7. The number of hydrogen-bond acceptors (Lipinski definition) is 4. The van der Waals surface area contributed by atoms with Gasteiger partial charge in [0.05, 0.1) is 16.8 Å². The molecule has 1 aliphatic rings. The van der Waals surface area contributed by atoms with E-state index in [0.29, 0.717) is 19.6 Å². The fourth-order valence-corrected chi connectivity index (χ4v) is 4.20. The maximum atomic E-state index is 9.78. The Hall–Kier alpha value is 0.554. The zero-order chi connectivity index (χ0) is 21.1. The van der Waals surface area contributed by atoms with Gasteiger partial charge in [-0.25, -0.2) is 0 Å². The zero-order valence-electron chi connectivity index (χ0n) is 20.8. The van der Waals surface area contributed by atoms with Crippen LogP contribution in [0.1, 0.15) is 76.2 Å². The SMILES string of the molecule is CC(C)(O)CN(CC(C)(C)O)CC(C)(C)O.CC1C(C)C(C)C(C)C1C.[CH3-].[Ti]. The second kappa shape index (κ2) is 12.4. The molecule has 0 radical (unpaired) electrons. The molecule has 0 aromatic rings. The van der Waals surface area contributed by atoms with E-state index in [9.17, 15) is 15.3 Å². The molecule has 1 rings (SSSR count). The van der Waals surface area contributed by atoms with E-state index in [1.54, 1.807) is 41.5 Å². The Morgan fingerprint density at radius 1 is 0.536 bits per heavy atom. The first-order valence-electron chi connectivity index (χ1n) is 10.2. The summed E-state index contributed by atoms with van der Waals surface area (Å²) in [6.45, 7) is 23.5. The van der Waals surface area contributed by atoms with E-state index in [1.165, 1.54) is 0 Å². The molecule has 0 amide bonds. The van der Waals surface area contributed by atoms with Gasteiger partial charge in [0.15, 0.2) is 0 Å². The van der Waals surface area contributed by atoms with Gasteiger partial charge in [0.1, 0.15) is 0 Å². The molecule has 0 aliphatic heterocycles. The van der Waals surface area contributed by atoms with Gasteiger partial charge in [0.2, 0.25) is 0 Å². The summed E-state index contributed by atoms with van der Waals surface area (Å²) in [6, 6.07) is 0. The van der Waals surface area contributed by atoms with E-state index in [0.717, 1.165) is 29.6 Å². The molecule has 0 saturated heterocycles. The second-order valence-corrected chi connectivity index (χ2v) is 10.9. The summed E-state index contributed by atoms with van der Waals surface area (Å²) in [5.41, 5.74) is -2.51. The normalized spacial score (nSPS) is 28.2. The first-order valence-corrected chi connectivity index (χ1v) is 10.2. The van der Waals surface area contributed by atoms with E-state index >= 15 is 0 Å². The molecule has 1 aliphatic carbocycles. The molecule has 1 fully saturated rings. The van der Waals surface area contributed by atoms with Gasteiger partial charge >= 0.3 is 0 Å². The molecule has 5 heteroatoms. The quantitative estimate of drug-likeness (QED) is 0.431. The maximum absolute atomic E-state index is 9.78. The summed E-state index contributed by atoms with van der Waals surface area (Å²) in [5, 5.41) is 29.3. The van der Waals surface area contributed by atoms with Crippen molar-refractivity contribution in [2.24, 2.45) is 29.6 Å². The summed E-state index contributed by atoms with van der Waals surface area (Å²) < 4.78 is 0. The van der Waals surface area contributed by atoms with Crippen LogP contribution < -0.4 is 0 Å². The molecule has 3 N–H and O–H groups in total. The molecule has 1 saturated carbocycles. The number of aliphatic hydroxyl groups is 3. The van der Waals surface area contributed by atoms with Gasteiger partial charge in [-0.3, -0.25) is 4.90 Å². The van der Waals surface area contributed by atoms with Crippen molar-refractivity contribution in [3.8, 4) is 0 Å². The average Bonchev–Trinajstić information content (AvgIpc) is 2.51. The van der Waals surface area contributed by atoms with Gasteiger partial charge in [-0.2, -0.15) is 0 Å². The van der Waals surface area contributed by atoms with E-state index in [4.69, 9.17) is 0 Å². The summed E-state index contributed by atoms with van der Waals surface area (Å²) in [6.07, 6.45) is 0. The molecule has 0 unspecified atom stereocenters. The molecule has 170 valence electrons. The molecule has 0 atom stereocenters. The molecular weight excluding hydrogens is 386 g/mol. The van der Waals surface area contributed by atoms with Crippen LogP contribution in [0.25, 0.3) is 0 Å². The van der Waals surface area contributed by atoms with E-state index < -0.39 is 16.8 Å². The molecule has 0 heterocycles. The largest absolute Gasteiger partial charge is 0.389 e. The first-order chi connectivity index (χ1) is 11.3. The molecule has 0 bridgehead atoms. The minimum atomic E-state index is -0.837. The fraction of sp³-hybridized carbons (Fsp3) is 0.957. The van der Waals surface area contributed by atoms with Crippen LogP contribution >= 0.6 is 0 Å². The van der Waals surface area contributed by atoms with Crippen LogP contribution in [0.15, 0.2) is 0 Å². The van der Waals surface area contributed by atoms with Crippen molar-refractivity contribution in [1.29, 1.82) is 0 Å². The van der Waals surface area contributed by atoms with Crippen molar-refractivity contribution in [3.63, 3.8) is 0 Å². The third-order valence-corrected chi connectivity index (χ3v) is 5.98. The summed E-state index contributed by atoms with van der Waals surface area (Å²) >= 11 is 0. The van der Waals surface area contributed by atoms with Gasteiger partial charge in [0.25, 0.3) is 0 Å². The summed E-state index contributed by atoms with van der Waals surface area (Å²) in [4.78, 5) is 1.88. The van der Waals surface area contributed by atoms with E-state index in [2.05, 4.69) is 34.6 Å². The van der Waals surface area contributed by atoms with Crippen LogP contribution in [-0.2, 0) is 21.7 Å². The van der Waals surface area contributed by atoms with Crippen LogP contribution in [0, 0.1) is 37.0 Å². The molecule has 28 heavy (non-hydrogen) atoms. The predicted molar refractivity (Wildman–Crippen MR) is 118 cm³/mol. The van der Waals surface area contributed by atoms with Crippen molar-refractivity contribution in [2.75, 3.05) is 19.6 Å². The number of rotatable bonds is 6. The van der Waals surface area contributed by atoms with Gasteiger partial charge in [-0.05, 0) is 71.1 Å². The van der Waals surface area contributed by atoms with Crippen LogP contribution in [0.3, 0.4) is 0 Å². The van der Waals surface area contributed by atoms with Gasteiger partial charge < -0.3 is 22.7 Å². The topological polar surface area (TPSA) is 63.9 Å². The Kier molecular flexibility index (Phi) is 14.7. The minimum Gasteiger partial charge on any atom is -0.389 e. The Labute approximate surface area is 191 Å². The van der Waals surface area contributed by atoms with Crippen molar-refractivity contribution in [2.45, 2.75) is 93.0 Å². The second-order valence-electron chi connectivity index (χ2n) is 10.9. The molecule has 4 nitrogen and oxygen atoms in total. The Morgan fingerprint density at radius 2 is 0.679 bits per heavy atom. The van der Waals surface area contributed by atoms with Crippen molar-refractivity contribution >= 4 is 0 Å². The monoisotopic (exact) mass is 436 g/mol. The summed E-state index contributed by atoms with van der Waals surface area (Å²) in [5.74, 6) is 4.68. The number of nitrogens with zero attached hydrogens (tertiary/aromatic N) is 1. The van der Waals surface area contributed by atoms with Crippen LogP contribution in [-0.4, -0.2) is 56.7 Å². The van der Waals surface area contributed by atoms with Crippen LogP contribution in [0.2, 0.25) is 0 Å². The average molecular weight is 437 g/mol. The Balaban J connectivity index is -0.000000451. The van der Waals surface area contributed by atoms with Crippen molar-refractivity contribution in [1.82, 2.24) is 4.90 Å². The standard InChI is InChI=1S/C12H27NO3.C10H20.CH3.Ti/c1-10(2,14)7-13(8-11(3,4)15)9-12(5,6)16;1-6-7(2)9(4)10(5)8(6)3;;/h14-16H,7-9H2,1-6H3;6-10H,1-5H3;1H3;/q;;-1;. The van der Waals surface area contributed by atoms with Crippen molar-refractivity contribution in [3.05, 3.63) is 7.43 Å². The first kappa shape index (κ1) is 33.2.